The van der Waals surface area contributed by atoms with Crippen LogP contribution in [-0.4, -0.2) is 39.1 Å². The van der Waals surface area contributed by atoms with Crippen molar-refractivity contribution in [3.63, 3.8) is 0 Å². The Balaban J connectivity index is 1.74. The summed E-state index contributed by atoms with van der Waals surface area (Å²) in [5, 5.41) is 14.3. The van der Waals surface area contributed by atoms with Crippen LogP contribution in [0.1, 0.15) is 43.0 Å². The molecule has 37 heavy (non-hydrogen) atoms. The van der Waals surface area contributed by atoms with Crippen molar-refractivity contribution in [2.45, 2.75) is 38.6 Å². The maximum Gasteiger partial charge on any atom is 0.320 e. The Kier molecular flexibility index (Phi) is 7.30. The summed E-state index contributed by atoms with van der Waals surface area (Å²) < 4.78 is 1.59. The van der Waals surface area contributed by atoms with E-state index < -0.39 is 6.03 Å². The molecule has 1 fully saturated rings. The molecule has 1 aliphatic rings. The van der Waals surface area contributed by atoms with E-state index in [0.717, 1.165) is 42.4 Å². The normalized spacial score (nSPS) is 13.6. The first-order chi connectivity index (χ1) is 18.0. The standard InChI is InChI=1S/C27H26Cl2N6O2/c1-2-30-27(37)33-24-22(26(36)32-18-7-3-4-8-18)25-31-15-20(19-9-5-6-10-21(19)29)23(35(25)34-24)16-11-13-17(28)14-12-16/h5-6,9-15,18H,2-4,7-8H2,1H3,(H,32,36)(H2,30,33,34,37). The monoisotopic (exact) mass is 536 g/mol. The minimum atomic E-state index is -0.458. The summed E-state index contributed by atoms with van der Waals surface area (Å²) in [5.41, 5.74) is 3.46. The lowest BCUT2D eigenvalue weighted by Gasteiger charge is -2.14. The summed E-state index contributed by atoms with van der Waals surface area (Å²) >= 11 is 12.7. The van der Waals surface area contributed by atoms with Gasteiger partial charge in [0.25, 0.3) is 5.91 Å². The molecule has 5 rings (SSSR count). The molecule has 190 valence electrons. The van der Waals surface area contributed by atoms with E-state index in [0.29, 0.717) is 27.9 Å². The molecule has 10 heteroatoms. The number of anilines is 1. The number of fused-ring (bicyclic) bond motifs is 1. The summed E-state index contributed by atoms with van der Waals surface area (Å²) in [6.45, 7) is 2.24. The molecule has 3 amide bonds. The number of benzene rings is 2. The summed E-state index contributed by atoms with van der Waals surface area (Å²) in [5.74, 6) is -0.200. The molecule has 0 atom stereocenters. The fourth-order valence-corrected chi connectivity index (χ4v) is 5.05. The van der Waals surface area contributed by atoms with Crippen LogP contribution in [0.15, 0.2) is 54.7 Å². The molecule has 0 spiro atoms. The number of hydrogen-bond acceptors (Lipinski definition) is 4. The Morgan fingerprint density at radius 3 is 2.46 bits per heavy atom. The number of carbonyl (C=O) groups excluding carboxylic acids is 2. The van der Waals surface area contributed by atoms with Crippen LogP contribution < -0.4 is 16.0 Å². The molecule has 1 saturated carbocycles. The molecule has 4 aromatic rings. The second-order valence-corrected chi connectivity index (χ2v) is 9.75. The Morgan fingerprint density at radius 1 is 1.03 bits per heavy atom. The first-order valence-corrected chi connectivity index (χ1v) is 13.0. The number of hydrogen-bond donors (Lipinski definition) is 3. The second kappa shape index (κ2) is 10.8. The smallest absolute Gasteiger partial charge is 0.320 e. The van der Waals surface area contributed by atoms with Crippen LogP contribution in [0, 0.1) is 0 Å². The fourth-order valence-electron chi connectivity index (χ4n) is 4.68. The fraction of sp³-hybridized carbons (Fsp3) is 0.259. The molecular weight excluding hydrogens is 511 g/mol. The van der Waals surface area contributed by atoms with Crippen molar-refractivity contribution in [2.75, 3.05) is 11.9 Å². The molecule has 0 radical (unpaired) electrons. The molecule has 2 aromatic heterocycles. The van der Waals surface area contributed by atoms with Gasteiger partial charge in [-0.3, -0.25) is 10.1 Å². The highest BCUT2D eigenvalue weighted by molar-refractivity contribution is 6.33. The number of urea groups is 1. The van der Waals surface area contributed by atoms with E-state index >= 15 is 0 Å². The first-order valence-electron chi connectivity index (χ1n) is 12.2. The highest BCUT2D eigenvalue weighted by atomic mass is 35.5. The summed E-state index contributed by atoms with van der Waals surface area (Å²) in [6, 6.07) is 14.4. The number of carbonyl (C=O) groups is 2. The Hall–Kier alpha value is -3.62. The maximum absolute atomic E-state index is 13.5. The number of amides is 3. The van der Waals surface area contributed by atoms with Gasteiger partial charge < -0.3 is 10.6 Å². The van der Waals surface area contributed by atoms with E-state index in [1.54, 1.807) is 28.9 Å². The quantitative estimate of drug-likeness (QED) is 0.273. The van der Waals surface area contributed by atoms with Crippen LogP contribution >= 0.6 is 23.2 Å². The van der Waals surface area contributed by atoms with Gasteiger partial charge in [0.15, 0.2) is 11.5 Å². The van der Waals surface area contributed by atoms with Crippen molar-refractivity contribution >= 4 is 46.6 Å². The van der Waals surface area contributed by atoms with Gasteiger partial charge >= 0.3 is 6.03 Å². The van der Waals surface area contributed by atoms with Crippen molar-refractivity contribution in [2.24, 2.45) is 0 Å². The molecular formula is C27H26Cl2N6O2. The largest absolute Gasteiger partial charge is 0.349 e. The van der Waals surface area contributed by atoms with E-state index in [2.05, 4.69) is 20.9 Å². The second-order valence-electron chi connectivity index (χ2n) is 8.91. The van der Waals surface area contributed by atoms with Gasteiger partial charge in [-0.05, 0) is 38.0 Å². The van der Waals surface area contributed by atoms with Crippen LogP contribution in [0.25, 0.3) is 28.0 Å². The molecule has 0 bridgehead atoms. The molecule has 3 N–H and O–H groups in total. The summed E-state index contributed by atoms with van der Waals surface area (Å²) in [4.78, 5) is 30.7. The van der Waals surface area contributed by atoms with Crippen molar-refractivity contribution in [3.8, 4) is 22.4 Å². The van der Waals surface area contributed by atoms with Crippen LogP contribution in [0.3, 0.4) is 0 Å². The minimum Gasteiger partial charge on any atom is -0.349 e. The Labute approximate surface area is 224 Å². The lowest BCUT2D eigenvalue weighted by atomic mass is 10.0. The van der Waals surface area contributed by atoms with E-state index in [4.69, 9.17) is 28.3 Å². The summed E-state index contributed by atoms with van der Waals surface area (Å²) in [7, 11) is 0. The number of rotatable bonds is 6. The third-order valence-electron chi connectivity index (χ3n) is 6.41. The van der Waals surface area contributed by atoms with Crippen molar-refractivity contribution in [1.29, 1.82) is 0 Å². The molecule has 1 aliphatic carbocycles. The predicted molar refractivity (Wildman–Crippen MR) is 146 cm³/mol. The van der Waals surface area contributed by atoms with Crippen molar-refractivity contribution < 1.29 is 9.59 Å². The van der Waals surface area contributed by atoms with Crippen LogP contribution in [0.2, 0.25) is 10.0 Å². The molecule has 2 aromatic carbocycles. The average Bonchev–Trinajstić information content (AvgIpc) is 3.52. The Morgan fingerprint density at radius 2 is 1.76 bits per heavy atom. The van der Waals surface area contributed by atoms with Crippen molar-refractivity contribution in [1.82, 2.24) is 25.2 Å². The number of nitrogens with one attached hydrogen (secondary N) is 3. The minimum absolute atomic E-state index is 0.0814. The maximum atomic E-state index is 13.5. The van der Waals surface area contributed by atoms with Gasteiger partial charge in [-0.2, -0.15) is 0 Å². The number of aromatic nitrogens is 3. The van der Waals surface area contributed by atoms with E-state index in [9.17, 15) is 9.59 Å². The topological polar surface area (TPSA) is 100 Å². The first kappa shape index (κ1) is 25.0. The van der Waals surface area contributed by atoms with Crippen LogP contribution in [-0.2, 0) is 0 Å². The lowest BCUT2D eigenvalue weighted by molar-refractivity contribution is 0.0940. The van der Waals surface area contributed by atoms with Crippen molar-refractivity contribution in [3.05, 3.63) is 70.3 Å². The molecule has 2 heterocycles. The van der Waals surface area contributed by atoms with E-state index in [-0.39, 0.29) is 23.3 Å². The van der Waals surface area contributed by atoms with Gasteiger partial charge in [0.05, 0.1) is 5.69 Å². The molecule has 0 unspecified atom stereocenters. The van der Waals surface area contributed by atoms with Gasteiger partial charge in [0.1, 0.15) is 5.56 Å². The molecule has 8 nitrogen and oxygen atoms in total. The Bertz CT molecular complexity index is 1460. The summed E-state index contributed by atoms with van der Waals surface area (Å²) in [6.07, 6.45) is 5.67. The SMILES string of the molecule is CCNC(=O)Nc1nn2c(-c3ccc(Cl)cc3)c(-c3ccccc3Cl)cnc2c1C(=O)NC1CCCC1. The van der Waals surface area contributed by atoms with Gasteiger partial charge in [-0.1, -0.05) is 66.4 Å². The van der Waals surface area contributed by atoms with Gasteiger partial charge in [-0.15, -0.1) is 5.10 Å². The zero-order chi connectivity index (χ0) is 25.9. The van der Waals surface area contributed by atoms with Gasteiger partial charge in [0, 0.05) is 45.5 Å². The van der Waals surface area contributed by atoms with E-state index in [1.165, 1.54) is 0 Å². The number of halogens is 2. The number of nitrogens with zero attached hydrogens (tertiary/aromatic N) is 3. The average molecular weight is 537 g/mol. The highest BCUT2D eigenvalue weighted by Gasteiger charge is 2.28. The highest BCUT2D eigenvalue weighted by Crippen LogP contribution is 2.37. The van der Waals surface area contributed by atoms with Gasteiger partial charge in [-0.25, -0.2) is 14.3 Å². The molecule has 0 aliphatic heterocycles. The third-order valence-corrected chi connectivity index (χ3v) is 6.99. The van der Waals surface area contributed by atoms with Crippen LogP contribution in [0.4, 0.5) is 10.6 Å². The zero-order valence-electron chi connectivity index (χ0n) is 20.2. The van der Waals surface area contributed by atoms with E-state index in [1.807, 2.05) is 37.3 Å². The third kappa shape index (κ3) is 5.12. The predicted octanol–water partition coefficient (Wildman–Crippen LogP) is 6.18. The zero-order valence-corrected chi connectivity index (χ0v) is 21.7. The van der Waals surface area contributed by atoms with Gasteiger partial charge in [0.2, 0.25) is 0 Å². The molecule has 0 saturated heterocycles. The van der Waals surface area contributed by atoms with Crippen LogP contribution in [0.5, 0.6) is 0 Å². The lowest BCUT2D eigenvalue weighted by Crippen LogP contribution is -2.34.